The summed E-state index contributed by atoms with van der Waals surface area (Å²) >= 11 is 0. The van der Waals surface area contributed by atoms with Gasteiger partial charge in [-0.25, -0.2) is 13.2 Å². The van der Waals surface area contributed by atoms with Gasteiger partial charge in [-0.05, 0) is 31.5 Å². The molecule has 0 spiro atoms. The zero-order chi connectivity index (χ0) is 12.3. The van der Waals surface area contributed by atoms with Gasteiger partial charge in [-0.3, -0.25) is 0 Å². The van der Waals surface area contributed by atoms with Crippen LogP contribution in [0.15, 0.2) is 12.1 Å². The molecule has 0 aliphatic rings. The minimum atomic E-state index is -1.47. The van der Waals surface area contributed by atoms with Crippen LogP contribution < -0.4 is 5.32 Å². The highest BCUT2D eigenvalue weighted by atomic mass is 19.2. The summed E-state index contributed by atoms with van der Waals surface area (Å²) in [7, 11) is 0. The first kappa shape index (κ1) is 13.0. The molecule has 0 atom stereocenters. The van der Waals surface area contributed by atoms with E-state index in [1.54, 1.807) is 13.8 Å². The largest absolute Gasteiger partial charge is 0.394 e. The molecule has 0 amide bonds. The molecule has 0 bridgehead atoms. The molecular weight excluding hydrogens is 219 g/mol. The highest BCUT2D eigenvalue weighted by Gasteiger charge is 2.16. The van der Waals surface area contributed by atoms with Crippen LogP contribution in [0.3, 0.4) is 0 Å². The lowest BCUT2D eigenvalue weighted by Crippen LogP contribution is -2.42. The molecule has 2 nitrogen and oxygen atoms in total. The Bertz CT molecular complexity index is 356. The molecule has 0 aliphatic carbocycles. The zero-order valence-electron chi connectivity index (χ0n) is 9.15. The van der Waals surface area contributed by atoms with Crippen molar-refractivity contribution in [2.75, 3.05) is 6.61 Å². The minimum Gasteiger partial charge on any atom is -0.394 e. The van der Waals surface area contributed by atoms with Crippen molar-refractivity contribution in [1.29, 1.82) is 0 Å². The van der Waals surface area contributed by atoms with Crippen LogP contribution in [0, 0.1) is 17.5 Å². The summed E-state index contributed by atoms with van der Waals surface area (Å²) < 4.78 is 38.3. The van der Waals surface area contributed by atoms with Crippen molar-refractivity contribution in [3.63, 3.8) is 0 Å². The number of hydrogen-bond acceptors (Lipinski definition) is 2. The number of nitrogens with one attached hydrogen (secondary N) is 1. The van der Waals surface area contributed by atoms with Crippen LogP contribution >= 0.6 is 0 Å². The molecule has 2 N–H and O–H groups in total. The molecule has 0 heterocycles. The molecule has 1 aromatic carbocycles. The second-order valence-electron chi connectivity index (χ2n) is 4.27. The summed E-state index contributed by atoms with van der Waals surface area (Å²) in [6, 6.07) is 1.86. The second-order valence-corrected chi connectivity index (χ2v) is 4.27. The maximum absolute atomic E-state index is 12.8. The fourth-order valence-electron chi connectivity index (χ4n) is 1.11. The third kappa shape index (κ3) is 3.21. The predicted molar refractivity (Wildman–Crippen MR) is 54.3 cm³/mol. The maximum Gasteiger partial charge on any atom is 0.194 e. The van der Waals surface area contributed by atoms with Crippen molar-refractivity contribution < 1.29 is 18.3 Å². The normalized spacial score (nSPS) is 11.9. The second kappa shape index (κ2) is 4.84. The van der Waals surface area contributed by atoms with Crippen LogP contribution in [0.2, 0.25) is 0 Å². The number of benzene rings is 1. The highest BCUT2D eigenvalue weighted by molar-refractivity contribution is 5.19. The molecule has 90 valence electrons. The van der Waals surface area contributed by atoms with Crippen LogP contribution in [0.1, 0.15) is 19.4 Å². The van der Waals surface area contributed by atoms with E-state index in [4.69, 9.17) is 5.11 Å². The molecule has 0 fully saturated rings. The first-order valence-electron chi connectivity index (χ1n) is 4.85. The van der Waals surface area contributed by atoms with Crippen molar-refractivity contribution in [3.8, 4) is 0 Å². The van der Waals surface area contributed by atoms with Gasteiger partial charge in [0.25, 0.3) is 0 Å². The number of halogens is 3. The summed E-state index contributed by atoms with van der Waals surface area (Å²) in [4.78, 5) is 0. The third-order valence-corrected chi connectivity index (χ3v) is 2.21. The van der Waals surface area contributed by atoms with Crippen molar-refractivity contribution >= 4 is 0 Å². The van der Waals surface area contributed by atoms with Crippen LogP contribution in [0.5, 0.6) is 0 Å². The molecule has 1 aromatic rings. The Morgan fingerprint density at radius 2 is 1.69 bits per heavy atom. The topological polar surface area (TPSA) is 32.3 Å². The maximum atomic E-state index is 12.8. The molecule has 1 rings (SSSR count). The van der Waals surface area contributed by atoms with Gasteiger partial charge in [0.05, 0.1) is 6.61 Å². The van der Waals surface area contributed by atoms with Crippen LogP contribution in [0.4, 0.5) is 13.2 Å². The van der Waals surface area contributed by atoms with E-state index in [0.29, 0.717) is 0 Å². The number of hydrogen-bond donors (Lipinski definition) is 2. The molecule has 5 heteroatoms. The SMILES string of the molecule is CC(C)(CO)NCc1cc(F)c(F)c(F)c1. The summed E-state index contributed by atoms with van der Waals surface area (Å²) in [5, 5.41) is 11.8. The van der Waals surface area contributed by atoms with Crippen LogP contribution in [0.25, 0.3) is 0 Å². The summed E-state index contributed by atoms with van der Waals surface area (Å²) in [6.45, 7) is 3.52. The summed E-state index contributed by atoms with van der Waals surface area (Å²) in [6.07, 6.45) is 0. The Morgan fingerprint density at radius 1 is 1.19 bits per heavy atom. The smallest absolute Gasteiger partial charge is 0.194 e. The van der Waals surface area contributed by atoms with Gasteiger partial charge in [-0.2, -0.15) is 0 Å². The molecule has 16 heavy (non-hydrogen) atoms. The summed E-state index contributed by atoms with van der Waals surface area (Å²) in [5.41, 5.74) is -0.264. The summed E-state index contributed by atoms with van der Waals surface area (Å²) in [5.74, 6) is -3.89. The molecule has 0 unspecified atom stereocenters. The molecular formula is C11H14F3NO. The quantitative estimate of drug-likeness (QED) is 0.779. The van der Waals surface area contributed by atoms with Gasteiger partial charge >= 0.3 is 0 Å². The van der Waals surface area contributed by atoms with Gasteiger partial charge in [0, 0.05) is 12.1 Å². The van der Waals surface area contributed by atoms with Crippen molar-refractivity contribution in [2.45, 2.75) is 25.9 Å². The van der Waals surface area contributed by atoms with Gasteiger partial charge < -0.3 is 10.4 Å². The average molecular weight is 233 g/mol. The molecule has 0 saturated carbocycles. The Kier molecular flexibility index (Phi) is 3.93. The average Bonchev–Trinajstić information content (AvgIpc) is 2.23. The third-order valence-electron chi connectivity index (χ3n) is 2.21. The Labute approximate surface area is 92.1 Å². The molecule has 0 radical (unpaired) electrons. The fourth-order valence-corrected chi connectivity index (χ4v) is 1.11. The van der Waals surface area contributed by atoms with Crippen LogP contribution in [-0.4, -0.2) is 17.3 Å². The number of rotatable bonds is 4. The van der Waals surface area contributed by atoms with E-state index in [1.807, 2.05) is 0 Å². The van der Waals surface area contributed by atoms with Gasteiger partial charge in [-0.15, -0.1) is 0 Å². The number of aliphatic hydroxyl groups is 1. The van der Waals surface area contributed by atoms with Gasteiger partial charge in [0.1, 0.15) is 0 Å². The Morgan fingerprint density at radius 3 is 2.12 bits per heavy atom. The van der Waals surface area contributed by atoms with E-state index >= 15 is 0 Å². The van der Waals surface area contributed by atoms with E-state index in [-0.39, 0.29) is 18.7 Å². The zero-order valence-corrected chi connectivity index (χ0v) is 9.15. The first-order chi connectivity index (χ1) is 7.35. The van der Waals surface area contributed by atoms with E-state index < -0.39 is 23.0 Å². The Hall–Kier alpha value is -1.07. The van der Waals surface area contributed by atoms with Gasteiger partial charge in [-0.1, -0.05) is 0 Å². The molecule has 0 aromatic heterocycles. The van der Waals surface area contributed by atoms with Crippen molar-refractivity contribution in [1.82, 2.24) is 5.32 Å². The molecule has 0 aliphatic heterocycles. The van der Waals surface area contributed by atoms with Gasteiger partial charge in [0.15, 0.2) is 17.5 Å². The monoisotopic (exact) mass is 233 g/mol. The Balaban J connectivity index is 2.76. The lowest BCUT2D eigenvalue weighted by molar-refractivity contribution is 0.187. The standard InChI is InChI=1S/C11H14F3NO/c1-11(2,6-16)15-5-7-3-8(12)10(14)9(13)4-7/h3-4,15-16H,5-6H2,1-2H3. The first-order valence-corrected chi connectivity index (χ1v) is 4.85. The fraction of sp³-hybridized carbons (Fsp3) is 0.455. The lowest BCUT2D eigenvalue weighted by Gasteiger charge is -2.23. The molecule has 0 saturated heterocycles. The van der Waals surface area contributed by atoms with E-state index in [9.17, 15) is 13.2 Å². The number of aliphatic hydroxyl groups excluding tert-OH is 1. The van der Waals surface area contributed by atoms with E-state index in [2.05, 4.69) is 5.32 Å². The lowest BCUT2D eigenvalue weighted by atomic mass is 10.1. The van der Waals surface area contributed by atoms with Crippen molar-refractivity contribution in [3.05, 3.63) is 35.1 Å². The van der Waals surface area contributed by atoms with Crippen molar-refractivity contribution in [2.24, 2.45) is 0 Å². The van der Waals surface area contributed by atoms with Crippen LogP contribution in [-0.2, 0) is 6.54 Å². The van der Waals surface area contributed by atoms with E-state index in [0.717, 1.165) is 12.1 Å². The van der Waals surface area contributed by atoms with Gasteiger partial charge in [0.2, 0.25) is 0 Å². The van der Waals surface area contributed by atoms with E-state index in [1.165, 1.54) is 0 Å². The predicted octanol–water partition coefficient (Wildman–Crippen LogP) is 1.96. The minimum absolute atomic E-state index is 0.112. The highest BCUT2D eigenvalue weighted by Crippen LogP contribution is 2.14.